The van der Waals surface area contributed by atoms with Crippen LogP contribution in [0.5, 0.6) is 0 Å². The van der Waals surface area contributed by atoms with Gasteiger partial charge in [-0.05, 0) is 36.4 Å². The predicted molar refractivity (Wildman–Crippen MR) is 92.2 cm³/mol. The number of amides is 2. The molecule has 1 aromatic heterocycles. The van der Waals surface area contributed by atoms with Gasteiger partial charge in [0.1, 0.15) is 0 Å². The highest BCUT2D eigenvalue weighted by atomic mass is 16.4. The van der Waals surface area contributed by atoms with Gasteiger partial charge in [-0.3, -0.25) is 14.4 Å². The Balaban J connectivity index is 1.64. The second-order valence-corrected chi connectivity index (χ2v) is 6.46. The topological polar surface area (TPSA) is 93.7 Å². The van der Waals surface area contributed by atoms with E-state index < -0.39 is 11.9 Å². The third kappa shape index (κ3) is 3.65. The zero-order valence-corrected chi connectivity index (χ0v) is 14.1. The summed E-state index contributed by atoms with van der Waals surface area (Å²) in [5.41, 5.74) is 1.37. The number of fused-ring (bicyclic) bond motifs is 1. The molecule has 132 valence electrons. The van der Waals surface area contributed by atoms with E-state index in [1.807, 2.05) is 12.1 Å². The Morgan fingerprint density at radius 1 is 1.32 bits per heavy atom. The number of hydrogen-bond acceptors (Lipinski definition) is 3. The molecule has 1 aliphatic heterocycles. The van der Waals surface area contributed by atoms with Gasteiger partial charge in [-0.1, -0.05) is 6.07 Å². The minimum atomic E-state index is -0.874. The first-order chi connectivity index (χ1) is 12.0. The molecule has 7 nitrogen and oxygen atoms in total. The fourth-order valence-corrected chi connectivity index (χ4v) is 3.18. The van der Waals surface area contributed by atoms with Crippen LogP contribution in [-0.4, -0.2) is 64.4 Å². The molecule has 2 N–H and O–H groups in total. The SMILES string of the molecule is CN(CC(=O)N1CCCC(C(=O)O)C1)C(=O)c1ccc2cc[nH]c2c1. The molecule has 0 bridgehead atoms. The van der Waals surface area contributed by atoms with E-state index in [0.717, 1.165) is 10.9 Å². The van der Waals surface area contributed by atoms with Crippen molar-refractivity contribution in [3.8, 4) is 0 Å². The minimum Gasteiger partial charge on any atom is -0.481 e. The fraction of sp³-hybridized carbons (Fsp3) is 0.389. The van der Waals surface area contributed by atoms with Crippen molar-refractivity contribution in [2.45, 2.75) is 12.8 Å². The first-order valence-electron chi connectivity index (χ1n) is 8.29. The molecule has 0 aliphatic carbocycles. The standard InChI is InChI=1S/C18H21N3O4/c1-20(11-16(22)21-8-2-3-14(10-21)18(24)25)17(23)13-5-4-12-6-7-19-15(12)9-13/h4-7,9,14,19H,2-3,8,10-11H2,1H3,(H,24,25). The smallest absolute Gasteiger partial charge is 0.308 e. The largest absolute Gasteiger partial charge is 0.481 e. The number of piperidine rings is 1. The third-order valence-electron chi connectivity index (χ3n) is 4.64. The highest BCUT2D eigenvalue weighted by Crippen LogP contribution is 2.18. The van der Waals surface area contributed by atoms with Crippen LogP contribution in [0.1, 0.15) is 23.2 Å². The molecule has 0 spiro atoms. The van der Waals surface area contributed by atoms with E-state index >= 15 is 0 Å². The van der Waals surface area contributed by atoms with Gasteiger partial charge in [0.25, 0.3) is 5.91 Å². The Morgan fingerprint density at radius 2 is 2.12 bits per heavy atom. The maximum Gasteiger partial charge on any atom is 0.308 e. The lowest BCUT2D eigenvalue weighted by Crippen LogP contribution is -2.46. The zero-order chi connectivity index (χ0) is 18.0. The predicted octanol–water partition coefficient (Wildman–Crippen LogP) is 1.56. The van der Waals surface area contributed by atoms with Gasteiger partial charge in [-0.2, -0.15) is 0 Å². The number of benzene rings is 1. The van der Waals surface area contributed by atoms with Crippen LogP contribution in [-0.2, 0) is 9.59 Å². The highest BCUT2D eigenvalue weighted by molar-refractivity contribution is 5.99. The first kappa shape index (κ1) is 17.0. The van der Waals surface area contributed by atoms with Gasteiger partial charge in [0.2, 0.25) is 5.91 Å². The Bertz CT molecular complexity index is 814. The van der Waals surface area contributed by atoms with Gasteiger partial charge in [0.05, 0.1) is 12.5 Å². The van der Waals surface area contributed by atoms with Gasteiger partial charge >= 0.3 is 5.97 Å². The summed E-state index contributed by atoms with van der Waals surface area (Å²) in [6.45, 7) is 0.692. The van der Waals surface area contributed by atoms with E-state index in [4.69, 9.17) is 5.11 Å². The molecule has 0 saturated carbocycles. The Hall–Kier alpha value is -2.83. The Kier molecular flexibility index (Phi) is 4.74. The number of H-pyrrole nitrogens is 1. The van der Waals surface area contributed by atoms with Crippen molar-refractivity contribution in [3.63, 3.8) is 0 Å². The van der Waals surface area contributed by atoms with Crippen molar-refractivity contribution in [1.29, 1.82) is 0 Å². The van der Waals surface area contributed by atoms with Crippen LogP contribution in [0.4, 0.5) is 0 Å². The van der Waals surface area contributed by atoms with Gasteiger partial charge in [0.15, 0.2) is 0 Å². The van der Waals surface area contributed by atoms with E-state index in [2.05, 4.69) is 4.98 Å². The normalized spacial score (nSPS) is 17.5. The van der Waals surface area contributed by atoms with E-state index in [0.29, 0.717) is 24.9 Å². The molecule has 2 aromatic rings. The maximum absolute atomic E-state index is 12.5. The number of aliphatic carboxylic acids is 1. The Labute approximate surface area is 145 Å². The summed E-state index contributed by atoms with van der Waals surface area (Å²) in [6, 6.07) is 7.28. The van der Waals surface area contributed by atoms with E-state index in [1.54, 1.807) is 30.3 Å². The molecule has 1 aromatic carbocycles. The van der Waals surface area contributed by atoms with Gasteiger partial charge in [0, 0.05) is 37.4 Å². The second-order valence-electron chi connectivity index (χ2n) is 6.46. The molecular formula is C18H21N3O4. The van der Waals surface area contributed by atoms with Crippen molar-refractivity contribution in [2.75, 3.05) is 26.7 Å². The number of aromatic amines is 1. The fourth-order valence-electron chi connectivity index (χ4n) is 3.18. The number of carbonyl (C=O) groups excluding carboxylic acids is 2. The number of rotatable bonds is 4. The molecule has 2 amide bonds. The number of carboxylic acids is 1. The van der Waals surface area contributed by atoms with Gasteiger partial charge in [-0.15, -0.1) is 0 Å². The number of aromatic nitrogens is 1. The van der Waals surface area contributed by atoms with Crippen molar-refractivity contribution >= 4 is 28.7 Å². The van der Waals surface area contributed by atoms with Crippen molar-refractivity contribution < 1.29 is 19.5 Å². The molecule has 25 heavy (non-hydrogen) atoms. The molecule has 0 radical (unpaired) electrons. The number of nitrogens with one attached hydrogen (secondary N) is 1. The van der Waals surface area contributed by atoms with Gasteiger partial charge in [-0.25, -0.2) is 0 Å². The molecule has 1 saturated heterocycles. The van der Waals surface area contributed by atoms with Crippen LogP contribution in [0.15, 0.2) is 30.5 Å². The average molecular weight is 343 g/mol. The van der Waals surface area contributed by atoms with Crippen LogP contribution in [0.2, 0.25) is 0 Å². The Morgan fingerprint density at radius 3 is 2.88 bits per heavy atom. The molecule has 1 atom stereocenters. The molecule has 1 fully saturated rings. The van der Waals surface area contributed by atoms with Crippen LogP contribution in [0.25, 0.3) is 10.9 Å². The van der Waals surface area contributed by atoms with Crippen LogP contribution >= 0.6 is 0 Å². The molecule has 7 heteroatoms. The quantitative estimate of drug-likeness (QED) is 0.881. The third-order valence-corrected chi connectivity index (χ3v) is 4.64. The summed E-state index contributed by atoms with van der Waals surface area (Å²) in [5, 5.41) is 10.1. The summed E-state index contributed by atoms with van der Waals surface area (Å²) >= 11 is 0. The van der Waals surface area contributed by atoms with E-state index in [9.17, 15) is 14.4 Å². The van der Waals surface area contributed by atoms with Crippen LogP contribution in [0, 0.1) is 5.92 Å². The van der Waals surface area contributed by atoms with Crippen molar-refractivity contribution in [1.82, 2.24) is 14.8 Å². The number of carboxylic acid groups (broad SMARTS) is 1. The summed E-state index contributed by atoms with van der Waals surface area (Å²) in [7, 11) is 1.58. The number of likely N-dealkylation sites (tertiary alicyclic amines) is 1. The molecule has 2 heterocycles. The lowest BCUT2D eigenvalue weighted by Gasteiger charge is -2.32. The zero-order valence-electron chi connectivity index (χ0n) is 14.1. The summed E-state index contributed by atoms with van der Waals surface area (Å²) in [6.07, 6.45) is 3.06. The van der Waals surface area contributed by atoms with Crippen LogP contribution < -0.4 is 0 Å². The number of hydrogen-bond donors (Lipinski definition) is 2. The molecule has 1 aliphatic rings. The lowest BCUT2D eigenvalue weighted by molar-refractivity contribution is -0.145. The number of carbonyl (C=O) groups is 3. The minimum absolute atomic E-state index is 0.0616. The average Bonchev–Trinajstić information content (AvgIpc) is 3.08. The van der Waals surface area contributed by atoms with E-state index in [1.165, 1.54) is 4.90 Å². The molecular weight excluding hydrogens is 322 g/mol. The second kappa shape index (κ2) is 6.96. The van der Waals surface area contributed by atoms with E-state index in [-0.39, 0.29) is 24.9 Å². The maximum atomic E-state index is 12.5. The first-order valence-corrected chi connectivity index (χ1v) is 8.29. The molecule has 1 unspecified atom stereocenters. The molecule has 3 rings (SSSR count). The van der Waals surface area contributed by atoms with Crippen molar-refractivity contribution in [2.24, 2.45) is 5.92 Å². The number of nitrogens with zero attached hydrogens (tertiary/aromatic N) is 2. The van der Waals surface area contributed by atoms with Crippen molar-refractivity contribution in [3.05, 3.63) is 36.0 Å². The summed E-state index contributed by atoms with van der Waals surface area (Å²) < 4.78 is 0. The summed E-state index contributed by atoms with van der Waals surface area (Å²) in [4.78, 5) is 42.1. The number of likely N-dealkylation sites (N-methyl/N-ethyl adjacent to an activating group) is 1. The lowest BCUT2D eigenvalue weighted by atomic mass is 9.98. The van der Waals surface area contributed by atoms with Gasteiger partial charge < -0.3 is 19.9 Å². The monoisotopic (exact) mass is 343 g/mol. The summed E-state index contributed by atoms with van der Waals surface area (Å²) in [5.74, 6) is -1.85. The van der Waals surface area contributed by atoms with Crippen LogP contribution in [0.3, 0.4) is 0 Å². The highest BCUT2D eigenvalue weighted by Gasteiger charge is 2.29.